The van der Waals surface area contributed by atoms with Gasteiger partial charge in [0.2, 0.25) is 5.91 Å². The van der Waals surface area contributed by atoms with Crippen LogP contribution in [0, 0.1) is 17.1 Å². The molecular weight excluding hydrogens is 437 g/mol. The Morgan fingerprint density at radius 3 is 2.82 bits per heavy atom. The fourth-order valence-corrected chi connectivity index (χ4v) is 4.41. The van der Waals surface area contributed by atoms with Crippen LogP contribution in [0.5, 0.6) is 0 Å². The third-order valence-corrected chi connectivity index (χ3v) is 5.94. The number of nitrogens with zero attached hydrogens (tertiary/aromatic N) is 3. The van der Waals surface area contributed by atoms with Gasteiger partial charge in [-0.3, -0.25) is 9.78 Å². The van der Waals surface area contributed by atoms with E-state index in [1.807, 2.05) is 11.4 Å². The first kappa shape index (κ1) is 22.1. The van der Waals surface area contributed by atoms with Gasteiger partial charge in [-0.25, -0.2) is 9.37 Å². The lowest BCUT2D eigenvalue weighted by molar-refractivity contribution is -0.118. The second-order valence-electron chi connectivity index (χ2n) is 7.37. The summed E-state index contributed by atoms with van der Waals surface area (Å²) in [5.41, 5.74) is 9.74. The van der Waals surface area contributed by atoms with Crippen molar-refractivity contribution < 1.29 is 9.18 Å². The van der Waals surface area contributed by atoms with Gasteiger partial charge < -0.3 is 11.1 Å². The molecule has 0 aliphatic rings. The first-order chi connectivity index (χ1) is 16.1. The standard InChI is InChI=1S/C25H20FN5OS/c26-19-5-1-3-16(11-19)8-10-30-25-20(23(24(28)32)17-4-2-9-29-13-17)6-7-22(31-25)21-15-33-14-18(21)12-27/h1-7,9,11,13-15,23H,8,10H2,(H2,28,32)(H,30,31). The topological polar surface area (TPSA) is 105 Å². The molecule has 0 aliphatic carbocycles. The molecule has 0 bridgehead atoms. The lowest BCUT2D eigenvalue weighted by Crippen LogP contribution is -2.24. The molecule has 0 radical (unpaired) electrons. The highest BCUT2D eigenvalue weighted by Gasteiger charge is 2.25. The van der Waals surface area contributed by atoms with Crippen LogP contribution in [0.2, 0.25) is 0 Å². The van der Waals surface area contributed by atoms with E-state index in [4.69, 9.17) is 10.7 Å². The Kier molecular flexibility index (Phi) is 6.72. The van der Waals surface area contributed by atoms with E-state index in [1.54, 1.807) is 48.1 Å². The molecule has 0 saturated heterocycles. The number of halogens is 1. The van der Waals surface area contributed by atoms with Crippen LogP contribution in [0.1, 0.15) is 28.2 Å². The minimum atomic E-state index is -0.755. The maximum Gasteiger partial charge on any atom is 0.229 e. The second-order valence-corrected chi connectivity index (χ2v) is 8.12. The number of thiophene rings is 1. The average molecular weight is 458 g/mol. The Hall–Kier alpha value is -4.09. The Balaban J connectivity index is 1.71. The SMILES string of the molecule is N#Cc1cscc1-c1ccc(C(C(N)=O)c2cccnc2)c(NCCc2cccc(F)c2)n1. The highest BCUT2D eigenvalue weighted by atomic mass is 32.1. The zero-order valence-electron chi connectivity index (χ0n) is 17.5. The molecule has 0 spiro atoms. The summed E-state index contributed by atoms with van der Waals surface area (Å²) in [4.78, 5) is 21.3. The number of pyridine rings is 2. The van der Waals surface area contributed by atoms with Gasteiger partial charge in [-0.1, -0.05) is 24.3 Å². The summed E-state index contributed by atoms with van der Waals surface area (Å²) in [6, 6.07) is 15.7. The molecule has 164 valence electrons. The van der Waals surface area contributed by atoms with Gasteiger partial charge in [0.15, 0.2) is 0 Å². The molecule has 1 aromatic carbocycles. The molecule has 6 nitrogen and oxygen atoms in total. The molecule has 3 aromatic heterocycles. The summed E-state index contributed by atoms with van der Waals surface area (Å²) in [5.74, 6) is -1.10. The molecule has 1 atom stereocenters. The van der Waals surface area contributed by atoms with E-state index in [2.05, 4.69) is 16.4 Å². The molecule has 33 heavy (non-hydrogen) atoms. The number of nitriles is 1. The summed E-state index contributed by atoms with van der Waals surface area (Å²) in [6.07, 6.45) is 3.78. The summed E-state index contributed by atoms with van der Waals surface area (Å²) in [5, 5.41) is 16.3. The van der Waals surface area contributed by atoms with Crippen LogP contribution in [-0.2, 0) is 11.2 Å². The van der Waals surface area contributed by atoms with Crippen molar-refractivity contribution in [3.05, 3.63) is 99.8 Å². The normalized spacial score (nSPS) is 11.5. The molecular formula is C25H20FN5OS. The number of benzene rings is 1. The molecule has 1 amide bonds. The molecule has 3 N–H and O–H groups in total. The molecule has 0 fully saturated rings. The number of hydrogen-bond donors (Lipinski definition) is 2. The minimum Gasteiger partial charge on any atom is -0.369 e. The van der Waals surface area contributed by atoms with Crippen molar-refractivity contribution in [2.45, 2.75) is 12.3 Å². The first-order valence-electron chi connectivity index (χ1n) is 10.2. The highest BCUT2D eigenvalue weighted by Crippen LogP contribution is 2.33. The molecule has 0 aliphatic heterocycles. The molecule has 4 aromatic rings. The third kappa shape index (κ3) is 5.05. The van der Waals surface area contributed by atoms with Crippen LogP contribution >= 0.6 is 11.3 Å². The number of nitrogens with two attached hydrogens (primary N) is 1. The summed E-state index contributed by atoms with van der Waals surface area (Å²) >= 11 is 1.42. The van der Waals surface area contributed by atoms with Gasteiger partial charge in [-0.05, 0) is 41.8 Å². The van der Waals surface area contributed by atoms with Gasteiger partial charge in [0, 0.05) is 40.8 Å². The zero-order valence-corrected chi connectivity index (χ0v) is 18.3. The third-order valence-electron chi connectivity index (χ3n) is 5.19. The monoisotopic (exact) mass is 457 g/mol. The Morgan fingerprint density at radius 1 is 1.21 bits per heavy atom. The summed E-state index contributed by atoms with van der Waals surface area (Å²) < 4.78 is 13.5. The van der Waals surface area contributed by atoms with Gasteiger partial charge >= 0.3 is 0 Å². The number of amides is 1. The number of aromatic nitrogens is 2. The molecule has 0 saturated carbocycles. The number of carbonyl (C=O) groups is 1. The molecule has 8 heteroatoms. The van der Waals surface area contributed by atoms with E-state index in [-0.39, 0.29) is 5.82 Å². The number of nitrogens with one attached hydrogen (secondary N) is 1. The molecule has 3 heterocycles. The van der Waals surface area contributed by atoms with Crippen LogP contribution < -0.4 is 11.1 Å². The molecule has 4 rings (SSSR count). The van der Waals surface area contributed by atoms with Gasteiger partial charge in [0.05, 0.1) is 17.2 Å². The van der Waals surface area contributed by atoms with Gasteiger partial charge in [0.25, 0.3) is 0 Å². The average Bonchev–Trinajstić information content (AvgIpc) is 3.30. The minimum absolute atomic E-state index is 0.292. The van der Waals surface area contributed by atoms with Crippen LogP contribution in [0.4, 0.5) is 10.2 Å². The van der Waals surface area contributed by atoms with Crippen molar-refractivity contribution in [1.82, 2.24) is 9.97 Å². The predicted molar refractivity (Wildman–Crippen MR) is 126 cm³/mol. The largest absolute Gasteiger partial charge is 0.369 e. The van der Waals surface area contributed by atoms with E-state index in [9.17, 15) is 14.4 Å². The van der Waals surface area contributed by atoms with Gasteiger partial charge in [-0.15, -0.1) is 0 Å². The van der Waals surface area contributed by atoms with Gasteiger partial charge in [0.1, 0.15) is 17.7 Å². The summed E-state index contributed by atoms with van der Waals surface area (Å²) in [7, 11) is 0. The van der Waals surface area contributed by atoms with Crippen LogP contribution in [0.25, 0.3) is 11.3 Å². The fraction of sp³-hybridized carbons (Fsp3) is 0.120. The van der Waals surface area contributed by atoms with Crippen LogP contribution in [0.3, 0.4) is 0 Å². The number of anilines is 1. The Bertz CT molecular complexity index is 1320. The van der Waals surface area contributed by atoms with Crippen LogP contribution in [-0.4, -0.2) is 22.4 Å². The quantitative estimate of drug-likeness (QED) is 0.406. The van der Waals surface area contributed by atoms with E-state index in [0.29, 0.717) is 41.2 Å². The predicted octanol–water partition coefficient (Wildman–Crippen LogP) is 4.49. The van der Waals surface area contributed by atoms with Crippen molar-refractivity contribution in [3.63, 3.8) is 0 Å². The van der Waals surface area contributed by atoms with Gasteiger partial charge in [-0.2, -0.15) is 16.6 Å². The van der Waals surface area contributed by atoms with E-state index in [1.165, 1.54) is 23.5 Å². The highest BCUT2D eigenvalue weighted by molar-refractivity contribution is 7.08. The van der Waals surface area contributed by atoms with Crippen molar-refractivity contribution in [2.75, 3.05) is 11.9 Å². The molecule has 1 unspecified atom stereocenters. The first-order valence-corrected chi connectivity index (χ1v) is 11.2. The Morgan fingerprint density at radius 2 is 2.09 bits per heavy atom. The zero-order chi connectivity index (χ0) is 23.2. The maximum atomic E-state index is 13.5. The van der Waals surface area contributed by atoms with E-state index < -0.39 is 11.8 Å². The van der Waals surface area contributed by atoms with Crippen molar-refractivity contribution in [2.24, 2.45) is 5.73 Å². The number of primary amides is 1. The second kappa shape index (κ2) is 10.0. The van der Waals surface area contributed by atoms with E-state index >= 15 is 0 Å². The number of rotatable bonds is 8. The summed E-state index contributed by atoms with van der Waals surface area (Å²) in [6.45, 7) is 0.459. The van der Waals surface area contributed by atoms with Crippen molar-refractivity contribution in [1.29, 1.82) is 5.26 Å². The maximum absolute atomic E-state index is 13.5. The smallest absolute Gasteiger partial charge is 0.229 e. The fourth-order valence-electron chi connectivity index (χ4n) is 3.64. The number of carbonyl (C=O) groups excluding carboxylic acids is 1. The van der Waals surface area contributed by atoms with Crippen molar-refractivity contribution in [3.8, 4) is 17.3 Å². The lowest BCUT2D eigenvalue weighted by Gasteiger charge is -2.19. The van der Waals surface area contributed by atoms with Crippen LogP contribution in [0.15, 0.2) is 71.7 Å². The van der Waals surface area contributed by atoms with E-state index in [0.717, 1.165) is 11.1 Å². The van der Waals surface area contributed by atoms with Crippen molar-refractivity contribution >= 4 is 23.1 Å². The lowest BCUT2D eigenvalue weighted by atomic mass is 9.91. The Labute approximate surface area is 194 Å². The number of hydrogen-bond acceptors (Lipinski definition) is 6.